The van der Waals surface area contributed by atoms with E-state index in [1.807, 2.05) is 6.07 Å². The van der Waals surface area contributed by atoms with Crippen LogP contribution in [-0.4, -0.2) is 15.1 Å². The molecule has 108 valence electrons. The van der Waals surface area contributed by atoms with Crippen molar-refractivity contribution < 1.29 is 5.11 Å². The Kier molecular flexibility index (Phi) is 9.01. The van der Waals surface area contributed by atoms with Crippen LogP contribution in [0.2, 0.25) is 0 Å². The van der Waals surface area contributed by atoms with E-state index in [0.29, 0.717) is 0 Å². The Morgan fingerprint density at radius 2 is 1.30 bits per heavy atom. The van der Waals surface area contributed by atoms with E-state index in [-0.39, 0.29) is 6.61 Å². The second-order valence-corrected chi connectivity index (χ2v) is 7.38. The van der Waals surface area contributed by atoms with Gasteiger partial charge in [-0.05, 0) is 87.0 Å². The first-order valence-corrected chi connectivity index (χ1v) is 9.54. The Morgan fingerprint density at radius 3 is 1.65 bits per heavy atom. The normalized spacial score (nSPS) is 9.90. The van der Waals surface area contributed by atoms with E-state index in [1.165, 1.54) is 5.56 Å². The fourth-order valence-electron chi connectivity index (χ4n) is 1.13. The first-order valence-electron chi connectivity index (χ1n) is 5.24. The van der Waals surface area contributed by atoms with Crippen LogP contribution in [0.25, 0.3) is 0 Å². The van der Waals surface area contributed by atoms with Crippen LogP contribution in [0.3, 0.4) is 0 Å². The summed E-state index contributed by atoms with van der Waals surface area (Å²) in [6.45, 7) is 0.0295. The molecule has 1 N–H and O–H groups in total. The summed E-state index contributed by atoms with van der Waals surface area (Å²) in [7, 11) is 0. The molecule has 2 aromatic rings. The van der Waals surface area contributed by atoms with Gasteiger partial charge in [0.1, 0.15) is 9.21 Å². The fourth-order valence-corrected chi connectivity index (χ4v) is 3.42. The van der Waals surface area contributed by atoms with Crippen LogP contribution < -0.4 is 0 Å². The van der Waals surface area contributed by atoms with E-state index in [1.54, 1.807) is 18.5 Å². The third-order valence-electron chi connectivity index (χ3n) is 2.12. The molecule has 0 aliphatic rings. The number of hydrogen-bond donors (Lipinski definition) is 1. The van der Waals surface area contributed by atoms with E-state index in [4.69, 9.17) is 5.11 Å². The van der Waals surface area contributed by atoms with Crippen molar-refractivity contribution in [3.05, 3.63) is 53.8 Å². The second kappa shape index (κ2) is 9.63. The fraction of sp³-hybridized carbons (Fsp3) is 0.167. The molecule has 2 rings (SSSR count). The van der Waals surface area contributed by atoms with Crippen molar-refractivity contribution in [2.24, 2.45) is 0 Å². The quantitative estimate of drug-likeness (QED) is 0.363. The van der Waals surface area contributed by atoms with Crippen molar-refractivity contribution in [1.29, 1.82) is 0 Å². The molecule has 0 spiro atoms. The minimum atomic E-state index is 0.0295. The highest BCUT2D eigenvalue weighted by Gasteiger charge is 1.99. The molecule has 0 saturated heterocycles. The molecule has 0 amide bonds. The van der Waals surface area contributed by atoms with Crippen molar-refractivity contribution in [2.45, 2.75) is 11.9 Å². The van der Waals surface area contributed by atoms with Gasteiger partial charge in [0.2, 0.25) is 0 Å². The topological polar surface area (TPSA) is 46.0 Å². The molecule has 0 aromatic carbocycles. The molecule has 0 aliphatic carbocycles. The molecule has 3 nitrogen and oxygen atoms in total. The van der Waals surface area contributed by atoms with E-state index in [2.05, 4.69) is 89.6 Å². The maximum atomic E-state index is 8.76. The van der Waals surface area contributed by atoms with Gasteiger partial charge in [-0.2, -0.15) is 0 Å². The van der Waals surface area contributed by atoms with Gasteiger partial charge in [-0.15, -0.1) is 0 Å². The summed E-state index contributed by atoms with van der Waals surface area (Å²) in [5.74, 6) is 0. The SMILES string of the molecule is BrCc1cc(Br)ncc1Br.OCc1cc(Br)ncc1Br. The van der Waals surface area contributed by atoms with Crippen LogP contribution in [0.4, 0.5) is 0 Å². The lowest BCUT2D eigenvalue weighted by Gasteiger charge is -1.98. The highest BCUT2D eigenvalue weighted by Crippen LogP contribution is 2.21. The van der Waals surface area contributed by atoms with Gasteiger partial charge in [-0.1, -0.05) is 15.9 Å². The average molecular weight is 597 g/mol. The molecule has 0 radical (unpaired) electrons. The number of pyridine rings is 2. The van der Waals surface area contributed by atoms with Crippen LogP contribution in [0.15, 0.2) is 42.7 Å². The number of aliphatic hydroxyl groups is 1. The predicted octanol–water partition coefficient (Wildman–Crippen LogP) is 5.60. The number of halogens is 5. The maximum Gasteiger partial charge on any atom is 0.106 e. The van der Waals surface area contributed by atoms with Crippen molar-refractivity contribution >= 4 is 79.6 Å². The highest BCUT2D eigenvalue weighted by atomic mass is 79.9. The number of aromatic nitrogens is 2. The molecule has 0 atom stereocenters. The zero-order chi connectivity index (χ0) is 15.1. The third kappa shape index (κ3) is 6.19. The Morgan fingerprint density at radius 1 is 0.850 bits per heavy atom. The van der Waals surface area contributed by atoms with Crippen LogP contribution in [0.1, 0.15) is 11.1 Å². The molecule has 20 heavy (non-hydrogen) atoms. The lowest BCUT2D eigenvalue weighted by Crippen LogP contribution is -1.86. The summed E-state index contributed by atoms with van der Waals surface area (Å²) in [5, 5.41) is 9.61. The highest BCUT2D eigenvalue weighted by molar-refractivity contribution is 9.11. The molecule has 0 unspecified atom stereocenters. The molecule has 0 saturated carbocycles. The molecule has 0 aliphatic heterocycles. The van der Waals surface area contributed by atoms with Gasteiger partial charge in [0.05, 0.1) is 6.61 Å². The Hall–Kier alpha value is 0.660. The number of aliphatic hydroxyl groups excluding tert-OH is 1. The largest absolute Gasteiger partial charge is 0.392 e. The van der Waals surface area contributed by atoms with Gasteiger partial charge in [-0.3, -0.25) is 0 Å². The molecular formula is C12H9Br5N2O. The third-order valence-corrected chi connectivity index (χ3v) is 5.02. The Balaban J connectivity index is 0.000000200. The van der Waals surface area contributed by atoms with Gasteiger partial charge in [0.25, 0.3) is 0 Å². The molecule has 2 heterocycles. The zero-order valence-corrected chi connectivity index (χ0v) is 17.9. The lowest BCUT2D eigenvalue weighted by atomic mass is 10.3. The molecular weight excluding hydrogens is 588 g/mol. The number of rotatable bonds is 2. The van der Waals surface area contributed by atoms with Gasteiger partial charge < -0.3 is 5.11 Å². The molecule has 0 bridgehead atoms. The standard InChI is InChI=1S/C6H4Br3N.C6H5Br2NO/c7-2-4-1-6(9)10-3-5(4)8;7-5-2-9-6(8)1-4(5)3-10/h1,3H,2H2;1-2,10H,3H2. The van der Waals surface area contributed by atoms with Crippen LogP contribution in [-0.2, 0) is 11.9 Å². The summed E-state index contributed by atoms with van der Waals surface area (Å²) >= 11 is 16.5. The van der Waals surface area contributed by atoms with Crippen molar-refractivity contribution in [2.75, 3.05) is 0 Å². The minimum Gasteiger partial charge on any atom is -0.392 e. The Bertz CT molecular complexity index is 528. The van der Waals surface area contributed by atoms with E-state index >= 15 is 0 Å². The summed E-state index contributed by atoms with van der Waals surface area (Å²) in [6.07, 6.45) is 3.43. The Labute approximate surface area is 159 Å². The molecule has 2 aromatic heterocycles. The summed E-state index contributed by atoms with van der Waals surface area (Å²) in [6, 6.07) is 3.74. The first-order chi connectivity index (χ1) is 9.47. The number of alkyl halides is 1. The smallest absolute Gasteiger partial charge is 0.106 e. The summed E-state index contributed by atoms with van der Waals surface area (Å²) in [4.78, 5) is 7.98. The number of nitrogens with zero attached hydrogens (tertiary/aromatic N) is 2. The zero-order valence-electron chi connectivity index (χ0n) is 9.96. The average Bonchev–Trinajstić information content (AvgIpc) is 2.44. The predicted molar refractivity (Wildman–Crippen MR) is 97.8 cm³/mol. The van der Waals surface area contributed by atoms with Crippen molar-refractivity contribution in [3.8, 4) is 0 Å². The van der Waals surface area contributed by atoms with Gasteiger partial charge in [-0.25, -0.2) is 9.97 Å². The number of hydrogen-bond acceptors (Lipinski definition) is 3. The minimum absolute atomic E-state index is 0.0295. The van der Waals surface area contributed by atoms with E-state index in [0.717, 1.165) is 29.0 Å². The monoisotopic (exact) mass is 592 g/mol. The maximum absolute atomic E-state index is 8.76. The second-order valence-electron chi connectivity index (χ2n) is 3.49. The molecule has 0 fully saturated rings. The van der Waals surface area contributed by atoms with Crippen LogP contribution in [0, 0.1) is 0 Å². The van der Waals surface area contributed by atoms with E-state index < -0.39 is 0 Å². The van der Waals surface area contributed by atoms with Gasteiger partial charge >= 0.3 is 0 Å². The van der Waals surface area contributed by atoms with Crippen LogP contribution >= 0.6 is 79.6 Å². The molecule has 8 heteroatoms. The summed E-state index contributed by atoms with van der Waals surface area (Å²) < 4.78 is 3.47. The summed E-state index contributed by atoms with van der Waals surface area (Å²) in [5.41, 5.74) is 2.03. The van der Waals surface area contributed by atoms with Gasteiger partial charge in [0, 0.05) is 26.7 Å². The lowest BCUT2D eigenvalue weighted by molar-refractivity contribution is 0.281. The van der Waals surface area contributed by atoms with E-state index in [9.17, 15) is 0 Å². The van der Waals surface area contributed by atoms with Gasteiger partial charge in [0.15, 0.2) is 0 Å². The van der Waals surface area contributed by atoms with Crippen molar-refractivity contribution in [3.63, 3.8) is 0 Å². The first kappa shape index (κ1) is 18.7. The van der Waals surface area contributed by atoms with Crippen LogP contribution in [0.5, 0.6) is 0 Å². The van der Waals surface area contributed by atoms with Crippen molar-refractivity contribution in [1.82, 2.24) is 9.97 Å².